The summed E-state index contributed by atoms with van der Waals surface area (Å²) in [6, 6.07) is 0.481. The molecule has 0 radical (unpaired) electrons. The van der Waals surface area contributed by atoms with Crippen molar-refractivity contribution in [3.63, 3.8) is 0 Å². The van der Waals surface area contributed by atoms with Gasteiger partial charge in [0.15, 0.2) is 0 Å². The summed E-state index contributed by atoms with van der Waals surface area (Å²) in [4.78, 5) is 0. The first kappa shape index (κ1) is 13.9. The lowest BCUT2D eigenvalue weighted by Crippen LogP contribution is -2.33. The van der Waals surface area contributed by atoms with E-state index < -0.39 is 10.0 Å². The number of ether oxygens (including phenoxy) is 1. The average molecular weight is 250 g/mol. The van der Waals surface area contributed by atoms with Gasteiger partial charge >= 0.3 is 0 Å². The van der Waals surface area contributed by atoms with Crippen LogP contribution in [0.3, 0.4) is 0 Å². The fourth-order valence-corrected chi connectivity index (χ4v) is 2.69. The molecule has 0 aromatic carbocycles. The van der Waals surface area contributed by atoms with E-state index >= 15 is 0 Å². The zero-order valence-electron chi connectivity index (χ0n) is 9.87. The van der Waals surface area contributed by atoms with Crippen LogP contribution in [0.4, 0.5) is 0 Å². The summed E-state index contributed by atoms with van der Waals surface area (Å²) >= 11 is 0. The number of hydrogen-bond donors (Lipinski definition) is 2. The Balaban J connectivity index is 2.09. The van der Waals surface area contributed by atoms with Crippen LogP contribution in [0.2, 0.25) is 0 Å². The third-order valence-electron chi connectivity index (χ3n) is 2.68. The summed E-state index contributed by atoms with van der Waals surface area (Å²) < 4.78 is 30.5. The first-order valence-electron chi connectivity index (χ1n) is 5.92. The molecule has 5 nitrogen and oxygen atoms in total. The maximum Gasteiger partial charge on any atom is 0.213 e. The molecule has 0 aliphatic carbocycles. The number of rotatable bonds is 8. The summed E-state index contributed by atoms with van der Waals surface area (Å²) in [6.07, 6.45) is 3.22. The first-order chi connectivity index (χ1) is 7.64. The van der Waals surface area contributed by atoms with Gasteiger partial charge in [-0.15, -0.1) is 0 Å². The van der Waals surface area contributed by atoms with Gasteiger partial charge in [0.25, 0.3) is 0 Å². The van der Waals surface area contributed by atoms with Crippen LogP contribution >= 0.6 is 0 Å². The van der Waals surface area contributed by atoms with Crippen molar-refractivity contribution in [2.45, 2.75) is 32.2 Å². The Morgan fingerprint density at radius 3 is 2.94 bits per heavy atom. The minimum atomic E-state index is -3.15. The van der Waals surface area contributed by atoms with Crippen molar-refractivity contribution < 1.29 is 13.2 Å². The fourth-order valence-electron chi connectivity index (χ4n) is 1.78. The largest absolute Gasteiger partial charge is 0.381 e. The minimum absolute atomic E-state index is 0.0545. The van der Waals surface area contributed by atoms with E-state index in [0.29, 0.717) is 19.2 Å². The van der Waals surface area contributed by atoms with Gasteiger partial charge in [0, 0.05) is 19.2 Å². The van der Waals surface area contributed by atoms with Crippen LogP contribution < -0.4 is 10.0 Å². The molecule has 1 rings (SSSR count). The molecule has 0 aromatic heterocycles. The topological polar surface area (TPSA) is 67.4 Å². The normalized spacial score (nSPS) is 21.4. The van der Waals surface area contributed by atoms with Crippen molar-refractivity contribution in [2.75, 3.05) is 32.1 Å². The number of hydrogen-bond acceptors (Lipinski definition) is 4. The van der Waals surface area contributed by atoms with Crippen LogP contribution in [0.5, 0.6) is 0 Å². The molecule has 1 atom stereocenters. The van der Waals surface area contributed by atoms with Crippen molar-refractivity contribution in [1.82, 2.24) is 10.0 Å². The molecule has 16 heavy (non-hydrogen) atoms. The molecule has 1 heterocycles. The fraction of sp³-hybridized carbons (Fsp3) is 1.00. The number of nitrogens with one attached hydrogen (secondary N) is 2. The SMILES string of the molecule is CCOCCS(=O)(=O)NCC[C@@H]1CCCN1. The van der Waals surface area contributed by atoms with Crippen molar-refractivity contribution >= 4 is 10.0 Å². The van der Waals surface area contributed by atoms with E-state index in [0.717, 1.165) is 19.4 Å². The third kappa shape index (κ3) is 5.79. The lowest BCUT2D eigenvalue weighted by molar-refractivity contribution is 0.163. The molecular formula is C10H22N2O3S. The predicted molar refractivity (Wildman–Crippen MR) is 63.9 cm³/mol. The Bertz CT molecular complexity index is 274. The van der Waals surface area contributed by atoms with Crippen LogP contribution in [-0.2, 0) is 14.8 Å². The molecule has 0 bridgehead atoms. The lowest BCUT2D eigenvalue weighted by atomic mass is 10.2. The highest BCUT2D eigenvalue weighted by Crippen LogP contribution is 2.07. The first-order valence-corrected chi connectivity index (χ1v) is 7.58. The van der Waals surface area contributed by atoms with E-state index in [9.17, 15) is 8.42 Å². The van der Waals surface area contributed by atoms with Crippen molar-refractivity contribution in [2.24, 2.45) is 0 Å². The van der Waals surface area contributed by atoms with Gasteiger partial charge in [0.05, 0.1) is 12.4 Å². The lowest BCUT2D eigenvalue weighted by Gasteiger charge is -2.11. The maximum atomic E-state index is 11.5. The van der Waals surface area contributed by atoms with Crippen LogP contribution in [-0.4, -0.2) is 46.5 Å². The summed E-state index contributed by atoms with van der Waals surface area (Å²) in [5.41, 5.74) is 0. The van der Waals surface area contributed by atoms with E-state index in [2.05, 4.69) is 10.0 Å². The highest BCUT2D eigenvalue weighted by molar-refractivity contribution is 7.89. The molecule has 0 amide bonds. The zero-order valence-corrected chi connectivity index (χ0v) is 10.7. The molecule has 0 unspecified atom stereocenters. The molecule has 1 aliphatic rings. The van der Waals surface area contributed by atoms with Gasteiger partial charge in [0.1, 0.15) is 0 Å². The Morgan fingerprint density at radius 1 is 1.50 bits per heavy atom. The summed E-state index contributed by atoms with van der Waals surface area (Å²) in [6.45, 7) is 4.26. The summed E-state index contributed by atoms with van der Waals surface area (Å²) in [5.74, 6) is 0.0545. The van der Waals surface area contributed by atoms with Gasteiger partial charge in [-0.25, -0.2) is 13.1 Å². The van der Waals surface area contributed by atoms with Gasteiger partial charge in [-0.1, -0.05) is 0 Å². The highest BCUT2D eigenvalue weighted by atomic mass is 32.2. The molecule has 0 saturated carbocycles. The van der Waals surface area contributed by atoms with Gasteiger partial charge in [-0.05, 0) is 32.7 Å². The van der Waals surface area contributed by atoms with E-state index in [4.69, 9.17) is 4.74 Å². The maximum absolute atomic E-state index is 11.5. The molecule has 1 aliphatic heterocycles. The Labute approximate surface area is 98.0 Å². The Hall–Kier alpha value is -0.170. The molecule has 2 N–H and O–H groups in total. The Morgan fingerprint density at radius 2 is 2.31 bits per heavy atom. The molecular weight excluding hydrogens is 228 g/mol. The van der Waals surface area contributed by atoms with Gasteiger partial charge in [-0.2, -0.15) is 0 Å². The second-order valence-electron chi connectivity index (χ2n) is 3.99. The quantitative estimate of drug-likeness (QED) is 0.599. The van der Waals surface area contributed by atoms with Crippen LogP contribution in [0, 0.1) is 0 Å². The monoisotopic (exact) mass is 250 g/mol. The molecule has 1 fully saturated rings. The average Bonchev–Trinajstić information content (AvgIpc) is 2.70. The third-order valence-corrected chi connectivity index (χ3v) is 4.03. The smallest absolute Gasteiger partial charge is 0.213 e. The molecule has 0 spiro atoms. The van der Waals surface area contributed by atoms with Crippen molar-refractivity contribution in [1.29, 1.82) is 0 Å². The van der Waals surface area contributed by atoms with Crippen LogP contribution in [0.15, 0.2) is 0 Å². The Kier molecular flexibility index (Phi) is 6.26. The predicted octanol–water partition coefficient (Wildman–Crippen LogP) is 0.0844. The molecule has 96 valence electrons. The molecule has 6 heteroatoms. The zero-order chi connectivity index (χ0) is 11.9. The van der Waals surface area contributed by atoms with Crippen LogP contribution in [0.25, 0.3) is 0 Å². The van der Waals surface area contributed by atoms with Crippen molar-refractivity contribution in [3.8, 4) is 0 Å². The van der Waals surface area contributed by atoms with E-state index in [-0.39, 0.29) is 12.4 Å². The van der Waals surface area contributed by atoms with E-state index in [1.54, 1.807) is 0 Å². The number of sulfonamides is 1. The van der Waals surface area contributed by atoms with Crippen LogP contribution in [0.1, 0.15) is 26.2 Å². The molecule has 1 saturated heterocycles. The minimum Gasteiger partial charge on any atom is -0.381 e. The van der Waals surface area contributed by atoms with Gasteiger partial charge in [-0.3, -0.25) is 0 Å². The highest BCUT2D eigenvalue weighted by Gasteiger charge is 2.15. The van der Waals surface area contributed by atoms with Gasteiger partial charge < -0.3 is 10.1 Å². The second-order valence-corrected chi connectivity index (χ2v) is 5.92. The second kappa shape index (κ2) is 7.21. The van der Waals surface area contributed by atoms with E-state index in [1.165, 1.54) is 6.42 Å². The van der Waals surface area contributed by atoms with Gasteiger partial charge in [0.2, 0.25) is 10.0 Å². The van der Waals surface area contributed by atoms with E-state index in [1.807, 2.05) is 6.92 Å². The standard InChI is InChI=1S/C10H22N2O3S/c1-2-15-8-9-16(13,14)12-7-5-10-4-3-6-11-10/h10-12H,2-9H2,1H3/t10-/m0/s1. The van der Waals surface area contributed by atoms with Crippen molar-refractivity contribution in [3.05, 3.63) is 0 Å². The summed E-state index contributed by atoms with van der Waals surface area (Å²) in [5, 5.41) is 3.34. The summed E-state index contributed by atoms with van der Waals surface area (Å²) in [7, 11) is -3.15. The molecule has 0 aromatic rings.